The molecule has 1 aliphatic heterocycles. The molecule has 0 amide bonds. The quantitative estimate of drug-likeness (QED) is 0.822. The van der Waals surface area contributed by atoms with E-state index in [9.17, 15) is 0 Å². The maximum absolute atomic E-state index is 9.13. The van der Waals surface area contributed by atoms with Crippen LogP contribution in [0.15, 0.2) is 24.3 Å². The molecule has 2 N–H and O–H groups in total. The van der Waals surface area contributed by atoms with Gasteiger partial charge in [0.25, 0.3) is 0 Å². The molecule has 1 unspecified atom stereocenters. The predicted molar refractivity (Wildman–Crippen MR) is 65.3 cm³/mol. The van der Waals surface area contributed by atoms with Gasteiger partial charge in [0, 0.05) is 18.3 Å². The summed E-state index contributed by atoms with van der Waals surface area (Å²) in [6.07, 6.45) is 2.73. The minimum absolute atomic E-state index is 0.338. The van der Waals surface area contributed by atoms with Crippen molar-refractivity contribution in [2.24, 2.45) is 0 Å². The van der Waals surface area contributed by atoms with E-state index in [-0.39, 0.29) is 0 Å². The molecule has 1 fully saturated rings. The Kier molecular flexibility index (Phi) is 3.92. The van der Waals surface area contributed by atoms with Crippen molar-refractivity contribution in [1.82, 2.24) is 5.32 Å². The summed E-state index contributed by atoms with van der Waals surface area (Å²) < 4.78 is 0. The van der Waals surface area contributed by atoms with Crippen molar-refractivity contribution in [2.45, 2.75) is 24.6 Å². The molecule has 1 atom stereocenters. The molecule has 0 saturated carbocycles. The number of phenols is 1. The van der Waals surface area contributed by atoms with Crippen LogP contribution in [0.3, 0.4) is 0 Å². The number of phenolic OH excluding ortho intramolecular Hbond substituents is 1. The van der Waals surface area contributed by atoms with Gasteiger partial charge in [-0.1, -0.05) is 12.1 Å². The van der Waals surface area contributed by atoms with Crippen molar-refractivity contribution >= 4 is 11.8 Å². The second-order valence-corrected chi connectivity index (χ2v) is 5.34. The van der Waals surface area contributed by atoms with Gasteiger partial charge in [-0.3, -0.25) is 0 Å². The molecule has 0 aromatic heterocycles. The average Bonchev–Trinajstić information content (AvgIpc) is 2.74. The van der Waals surface area contributed by atoms with Gasteiger partial charge >= 0.3 is 0 Å². The van der Waals surface area contributed by atoms with Crippen molar-refractivity contribution in [1.29, 1.82) is 0 Å². The summed E-state index contributed by atoms with van der Waals surface area (Å²) in [5.41, 5.74) is 1.23. The van der Waals surface area contributed by atoms with E-state index in [2.05, 4.69) is 17.1 Å². The third kappa shape index (κ3) is 3.43. The Morgan fingerprint density at radius 2 is 2.13 bits per heavy atom. The lowest BCUT2D eigenvalue weighted by atomic mass is 10.2. The largest absolute Gasteiger partial charge is 0.508 e. The lowest BCUT2D eigenvalue weighted by Crippen LogP contribution is -2.22. The first-order chi connectivity index (χ1) is 7.34. The first-order valence-electron chi connectivity index (χ1n) is 5.45. The summed E-state index contributed by atoms with van der Waals surface area (Å²) >= 11 is 2.08. The van der Waals surface area contributed by atoms with E-state index in [0.29, 0.717) is 5.75 Å². The van der Waals surface area contributed by atoms with E-state index in [4.69, 9.17) is 5.11 Å². The third-order valence-electron chi connectivity index (χ3n) is 2.66. The molecule has 0 bridgehead atoms. The number of nitrogens with one attached hydrogen (secondary N) is 1. The Morgan fingerprint density at radius 1 is 1.33 bits per heavy atom. The van der Waals surface area contributed by atoms with Gasteiger partial charge in [0.1, 0.15) is 5.75 Å². The van der Waals surface area contributed by atoms with Gasteiger partial charge in [-0.25, -0.2) is 0 Å². The standard InChI is InChI=1S/C12H17NOS/c14-11-5-3-10(4-6-11)8-13-9-12-2-1-7-15-12/h3-6,12-14H,1-2,7-9H2. The second-order valence-electron chi connectivity index (χ2n) is 3.93. The van der Waals surface area contributed by atoms with E-state index in [1.807, 2.05) is 12.1 Å². The molecular weight excluding hydrogens is 206 g/mol. The van der Waals surface area contributed by atoms with E-state index in [1.165, 1.54) is 24.2 Å². The van der Waals surface area contributed by atoms with Crippen LogP contribution in [-0.4, -0.2) is 22.7 Å². The first kappa shape index (κ1) is 10.8. The SMILES string of the molecule is Oc1ccc(CNCC2CCCS2)cc1. The highest BCUT2D eigenvalue weighted by atomic mass is 32.2. The van der Waals surface area contributed by atoms with Gasteiger partial charge in [0.05, 0.1) is 0 Å². The summed E-state index contributed by atoms with van der Waals surface area (Å²) in [7, 11) is 0. The highest BCUT2D eigenvalue weighted by molar-refractivity contribution is 8.00. The average molecular weight is 223 g/mol. The third-order valence-corrected chi connectivity index (χ3v) is 4.06. The van der Waals surface area contributed by atoms with Crippen molar-refractivity contribution < 1.29 is 5.11 Å². The molecule has 3 heteroatoms. The molecule has 1 saturated heterocycles. The molecule has 1 aliphatic rings. The van der Waals surface area contributed by atoms with Crippen LogP contribution in [0.5, 0.6) is 5.75 Å². The monoisotopic (exact) mass is 223 g/mol. The van der Waals surface area contributed by atoms with Crippen LogP contribution in [0.4, 0.5) is 0 Å². The van der Waals surface area contributed by atoms with Crippen LogP contribution in [0.25, 0.3) is 0 Å². The lowest BCUT2D eigenvalue weighted by molar-refractivity contribution is 0.475. The zero-order valence-electron chi connectivity index (χ0n) is 8.78. The molecule has 1 aromatic rings. The summed E-state index contributed by atoms with van der Waals surface area (Å²) in [5, 5.41) is 13.4. The molecule has 1 aromatic carbocycles. The number of aromatic hydroxyl groups is 1. The van der Waals surface area contributed by atoms with E-state index >= 15 is 0 Å². The van der Waals surface area contributed by atoms with Crippen LogP contribution in [0, 0.1) is 0 Å². The highest BCUT2D eigenvalue weighted by Crippen LogP contribution is 2.25. The molecule has 2 nitrogen and oxygen atoms in total. The molecule has 82 valence electrons. The minimum Gasteiger partial charge on any atom is -0.508 e. The first-order valence-corrected chi connectivity index (χ1v) is 6.50. The van der Waals surface area contributed by atoms with Gasteiger partial charge in [-0.05, 0) is 36.3 Å². The molecular formula is C12H17NOS. The molecule has 0 radical (unpaired) electrons. The number of benzene rings is 1. The number of hydrogen-bond donors (Lipinski definition) is 2. The van der Waals surface area contributed by atoms with E-state index in [1.54, 1.807) is 12.1 Å². The zero-order valence-corrected chi connectivity index (χ0v) is 9.59. The Balaban J connectivity index is 1.71. The van der Waals surface area contributed by atoms with Gasteiger partial charge in [0.15, 0.2) is 0 Å². The molecule has 1 heterocycles. The number of thioether (sulfide) groups is 1. The molecule has 15 heavy (non-hydrogen) atoms. The lowest BCUT2D eigenvalue weighted by Gasteiger charge is -2.09. The van der Waals surface area contributed by atoms with Gasteiger partial charge < -0.3 is 10.4 Å². The predicted octanol–water partition coefficient (Wildman–Crippen LogP) is 2.38. The fraction of sp³-hybridized carbons (Fsp3) is 0.500. The molecule has 2 rings (SSSR count). The van der Waals surface area contributed by atoms with Crippen LogP contribution in [-0.2, 0) is 6.54 Å². The Morgan fingerprint density at radius 3 is 2.80 bits per heavy atom. The summed E-state index contributed by atoms with van der Waals surface area (Å²) in [4.78, 5) is 0. The second kappa shape index (κ2) is 5.42. The number of rotatable bonds is 4. The summed E-state index contributed by atoms with van der Waals surface area (Å²) in [6.45, 7) is 2.00. The smallest absolute Gasteiger partial charge is 0.115 e. The van der Waals surface area contributed by atoms with E-state index < -0.39 is 0 Å². The maximum Gasteiger partial charge on any atom is 0.115 e. The van der Waals surface area contributed by atoms with Crippen molar-refractivity contribution in [2.75, 3.05) is 12.3 Å². The zero-order chi connectivity index (χ0) is 10.5. The van der Waals surface area contributed by atoms with Crippen LogP contribution in [0.2, 0.25) is 0 Å². The van der Waals surface area contributed by atoms with Gasteiger partial charge in [0.2, 0.25) is 0 Å². The Labute approximate surface area is 95.1 Å². The normalized spacial score (nSPS) is 20.7. The maximum atomic E-state index is 9.13. The number of hydrogen-bond acceptors (Lipinski definition) is 3. The van der Waals surface area contributed by atoms with Crippen molar-refractivity contribution in [3.05, 3.63) is 29.8 Å². The Bertz CT molecular complexity index is 293. The molecule has 0 spiro atoms. The van der Waals surface area contributed by atoms with Crippen LogP contribution < -0.4 is 5.32 Å². The van der Waals surface area contributed by atoms with E-state index in [0.717, 1.165) is 18.3 Å². The highest BCUT2D eigenvalue weighted by Gasteiger charge is 2.14. The fourth-order valence-electron chi connectivity index (χ4n) is 1.80. The van der Waals surface area contributed by atoms with Crippen molar-refractivity contribution in [3.8, 4) is 5.75 Å². The Hall–Kier alpha value is -0.670. The van der Waals surface area contributed by atoms with Gasteiger partial charge in [-0.2, -0.15) is 11.8 Å². The fourth-order valence-corrected chi connectivity index (χ4v) is 3.03. The molecule has 0 aliphatic carbocycles. The van der Waals surface area contributed by atoms with Crippen molar-refractivity contribution in [3.63, 3.8) is 0 Å². The van der Waals surface area contributed by atoms with Gasteiger partial charge in [-0.15, -0.1) is 0 Å². The van der Waals surface area contributed by atoms with Crippen LogP contribution >= 0.6 is 11.8 Å². The summed E-state index contributed by atoms with van der Waals surface area (Å²) in [6, 6.07) is 7.40. The topological polar surface area (TPSA) is 32.3 Å². The minimum atomic E-state index is 0.338. The van der Waals surface area contributed by atoms with Crippen LogP contribution in [0.1, 0.15) is 18.4 Å². The summed E-state index contributed by atoms with van der Waals surface area (Å²) in [5.74, 6) is 1.66.